The van der Waals surface area contributed by atoms with E-state index >= 15 is 0 Å². The van der Waals surface area contributed by atoms with Crippen LogP contribution in [0, 0.1) is 0 Å². The minimum absolute atomic E-state index is 0.871. The number of benzene rings is 8. The third kappa shape index (κ3) is 4.98. The fourth-order valence-electron chi connectivity index (χ4n) is 7.58. The summed E-state index contributed by atoms with van der Waals surface area (Å²) < 4.78 is 9.02. The summed E-state index contributed by atoms with van der Waals surface area (Å²) in [6.07, 6.45) is 0. The topological polar surface area (TPSA) is 21.3 Å². The van der Waals surface area contributed by atoms with Crippen LogP contribution in [0.15, 0.2) is 199 Å². The molecule has 2 aromatic heterocycles. The number of para-hydroxylation sites is 3. The monoisotopic (exact) mass is 652 g/mol. The summed E-state index contributed by atoms with van der Waals surface area (Å²) in [6, 6.07) is 69.1. The van der Waals surface area contributed by atoms with Crippen molar-refractivity contribution in [2.75, 3.05) is 4.90 Å². The van der Waals surface area contributed by atoms with Gasteiger partial charge in [-0.25, -0.2) is 0 Å². The maximum absolute atomic E-state index is 6.60. The summed E-state index contributed by atoms with van der Waals surface area (Å²) in [7, 11) is 0. The minimum Gasteiger partial charge on any atom is -0.456 e. The fourth-order valence-corrected chi connectivity index (χ4v) is 7.58. The predicted molar refractivity (Wildman–Crippen MR) is 214 cm³/mol. The lowest BCUT2D eigenvalue weighted by molar-refractivity contribution is 0.669. The van der Waals surface area contributed by atoms with Crippen molar-refractivity contribution in [3.63, 3.8) is 0 Å². The largest absolute Gasteiger partial charge is 0.456 e. The van der Waals surface area contributed by atoms with E-state index < -0.39 is 0 Å². The van der Waals surface area contributed by atoms with Crippen LogP contribution in [0.25, 0.3) is 71.7 Å². The molecule has 2 heterocycles. The molecule has 240 valence electrons. The molecule has 51 heavy (non-hydrogen) atoms. The molecule has 0 aliphatic heterocycles. The van der Waals surface area contributed by atoms with Crippen LogP contribution in [0.4, 0.5) is 17.1 Å². The maximum atomic E-state index is 6.60. The first-order valence-electron chi connectivity index (χ1n) is 17.3. The van der Waals surface area contributed by atoms with E-state index in [1.807, 2.05) is 0 Å². The molecule has 0 bridgehead atoms. The maximum Gasteiger partial charge on any atom is 0.136 e. The van der Waals surface area contributed by atoms with Crippen LogP contribution in [-0.2, 0) is 0 Å². The van der Waals surface area contributed by atoms with Crippen LogP contribution >= 0.6 is 0 Å². The number of furan rings is 1. The third-order valence-electron chi connectivity index (χ3n) is 9.92. The van der Waals surface area contributed by atoms with Gasteiger partial charge in [0.05, 0.1) is 11.0 Å². The van der Waals surface area contributed by atoms with Gasteiger partial charge in [-0.1, -0.05) is 115 Å². The third-order valence-corrected chi connectivity index (χ3v) is 9.92. The summed E-state index contributed by atoms with van der Waals surface area (Å²) in [5.74, 6) is 0. The number of anilines is 3. The van der Waals surface area contributed by atoms with Crippen molar-refractivity contribution < 1.29 is 4.42 Å². The highest BCUT2D eigenvalue weighted by Gasteiger charge is 2.19. The van der Waals surface area contributed by atoms with E-state index in [9.17, 15) is 0 Å². The van der Waals surface area contributed by atoms with Crippen molar-refractivity contribution in [2.24, 2.45) is 0 Å². The highest BCUT2D eigenvalue weighted by molar-refractivity contribution is 6.17. The summed E-state index contributed by atoms with van der Waals surface area (Å²) in [6.45, 7) is 0. The average molecular weight is 653 g/mol. The molecule has 0 aliphatic rings. The van der Waals surface area contributed by atoms with Gasteiger partial charge >= 0.3 is 0 Å². The Bertz CT molecular complexity index is 2740. The average Bonchev–Trinajstić information content (AvgIpc) is 3.73. The SMILES string of the molecule is c1ccc(-c2cc(-c3ccccc3)cc(-n3c4ccccc4c4cc5oc6ccc(N(c7ccccc7)c7ccccc7)cc6c5cc43)c2)cc1. The molecule has 0 spiro atoms. The molecule has 0 saturated carbocycles. The lowest BCUT2D eigenvalue weighted by Gasteiger charge is -2.25. The highest BCUT2D eigenvalue weighted by Crippen LogP contribution is 2.42. The molecule has 10 rings (SSSR count). The second-order valence-corrected chi connectivity index (χ2v) is 13.0. The molecule has 0 radical (unpaired) electrons. The summed E-state index contributed by atoms with van der Waals surface area (Å²) in [4.78, 5) is 2.30. The zero-order valence-electron chi connectivity index (χ0n) is 27.8. The van der Waals surface area contributed by atoms with Crippen molar-refractivity contribution in [1.29, 1.82) is 0 Å². The molecule has 10 aromatic rings. The number of hydrogen-bond donors (Lipinski definition) is 0. The molecular weight excluding hydrogens is 621 g/mol. The van der Waals surface area contributed by atoms with Crippen LogP contribution in [0.3, 0.4) is 0 Å². The van der Waals surface area contributed by atoms with Crippen molar-refractivity contribution in [2.45, 2.75) is 0 Å². The van der Waals surface area contributed by atoms with Crippen LogP contribution in [0.2, 0.25) is 0 Å². The van der Waals surface area contributed by atoms with Gasteiger partial charge in [0.25, 0.3) is 0 Å². The van der Waals surface area contributed by atoms with Gasteiger partial charge in [0.15, 0.2) is 0 Å². The predicted octanol–water partition coefficient (Wildman–Crippen LogP) is 13.5. The van der Waals surface area contributed by atoms with E-state index in [1.54, 1.807) is 0 Å². The first-order chi connectivity index (χ1) is 25.3. The molecule has 0 aliphatic carbocycles. The zero-order chi connectivity index (χ0) is 33.7. The molecule has 0 fully saturated rings. The van der Waals surface area contributed by atoms with Gasteiger partial charge < -0.3 is 13.9 Å². The van der Waals surface area contributed by atoms with Gasteiger partial charge in [-0.2, -0.15) is 0 Å². The van der Waals surface area contributed by atoms with Gasteiger partial charge in [0.1, 0.15) is 11.2 Å². The molecule has 3 heteroatoms. The van der Waals surface area contributed by atoms with E-state index in [2.05, 4.69) is 204 Å². The lowest BCUT2D eigenvalue weighted by atomic mass is 9.98. The van der Waals surface area contributed by atoms with Gasteiger partial charge in [-0.15, -0.1) is 0 Å². The Kier molecular flexibility index (Phi) is 6.81. The smallest absolute Gasteiger partial charge is 0.136 e. The number of hydrogen-bond acceptors (Lipinski definition) is 2. The Morgan fingerprint density at radius 3 is 1.51 bits per heavy atom. The molecule has 0 saturated heterocycles. The van der Waals surface area contributed by atoms with E-state index in [0.717, 1.165) is 55.7 Å². The first kappa shape index (κ1) is 29.1. The van der Waals surface area contributed by atoms with Crippen LogP contribution in [-0.4, -0.2) is 4.57 Å². The minimum atomic E-state index is 0.871. The molecule has 0 atom stereocenters. The number of aromatic nitrogens is 1. The van der Waals surface area contributed by atoms with Crippen LogP contribution in [0.1, 0.15) is 0 Å². The molecule has 0 amide bonds. The Balaban J connectivity index is 1.23. The van der Waals surface area contributed by atoms with E-state index in [-0.39, 0.29) is 0 Å². The highest BCUT2D eigenvalue weighted by atomic mass is 16.3. The molecule has 8 aromatic carbocycles. The first-order valence-corrected chi connectivity index (χ1v) is 17.3. The van der Waals surface area contributed by atoms with Crippen molar-refractivity contribution in [3.8, 4) is 27.9 Å². The van der Waals surface area contributed by atoms with E-state index in [4.69, 9.17) is 4.42 Å². The summed E-state index contributed by atoms with van der Waals surface area (Å²) in [5.41, 5.74) is 13.2. The quantitative estimate of drug-likeness (QED) is 0.178. The standard InChI is InChI=1S/C48H32N2O/c1-5-15-33(16-6-1)35-27-36(34-17-7-2-8-18-34)29-40(28-35)50-45-24-14-13-23-41(45)42-32-48-44(31-46(42)50)43-30-39(25-26-47(43)51-48)49(37-19-9-3-10-20-37)38-21-11-4-12-22-38/h1-32H. The lowest BCUT2D eigenvalue weighted by Crippen LogP contribution is -2.09. The molecule has 0 N–H and O–H groups in total. The Morgan fingerprint density at radius 1 is 0.333 bits per heavy atom. The van der Waals surface area contributed by atoms with Crippen molar-refractivity contribution >= 4 is 60.8 Å². The Labute approximate surface area is 295 Å². The van der Waals surface area contributed by atoms with Crippen molar-refractivity contribution in [1.82, 2.24) is 4.57 Å². The van der Waals surface area contributed by atoms with E-state index in [1.165, 1.54) is 33.0 Å². The number of rotatable bonds is 6. The number of nitrogens with zero attached hydrogens (tertiary/aromatic N) is 2. The van der Waals surface area contributed by atoms with Gasteiger partial charge in [-0.3, -0.25) is 0 Å². The zero-order valence-corrected chi connectivity index (χ0v) is 27.8. The van der Waals surface area contributed by atoms with Gasteiger partial charge in [0.2, 0.25) is 0 Å². The van der Waals surface area contributed by atoms with Crippen LogP contribution < -0.4 is 4.90 Å². The normalized spacial score (nSPS) is 11.5. The second-order valence-electron chi connectivity index (χ2n) is 13.0. The number of fused-ring (bicyclic) bond motifs is 6. The molecule has 3 nitrogen and oxygen atoms in total. The summed E-state index contributed by atoms with van der Waals surface area (Å²) >= 11 is 0. The van der Waals surface area contributed by atoms with E-state index in [0.29, 0.717) is 0 Å². The van der Waals surface area contributed by atoms with Gasteiger partial charge in [0, 0.05) is 44.3 Å². The summed E-state index contributed by atoms with van der Waals surface area (Å²) in [5, 5.41) is 4.54. The second kappa shape index (κ2) is 11.9. The Hall–Kier alpha value is -6.84. The van der Waals surface area contributed by atoms with Crippen molar-refractivity contribution in [3.05, 3.63) is 194 Å². The molecule has 0 unspecified atom stereocenters. The fraction of sp³-hybridized carbons (Fsp3) is 0. The Morgan fingerprint density at radius 2 is 0.882 bits per heavy atom. The molecular formula is C48H32N2O. The van der Waals surface area contributed by atoms with Gasteiger partial charge in [-0.05, 0) is 101 Å². The van der Waals surface area contributed by atoms with Crippen LogP contribution in [0.5, 0.6) is 0 Å².